The monoisotopic (exact) mass is 490 g/mol. The molecule has 36 heavy (non-hydrogen) atoms. The summed E-state index contributed by atoms with van der Waals surface area (Å²) < 4.78 is 23.6. The molecule has 0 saturated carbocycles. The Balaban J connectivity index is 1.90. The quantitative estimate of drug-likeness (QED) is 0.243. The Morgan fingerprint density at radius 1 is 0.833 bits per heavy atom. The summed E-state index contributed by atoms with van der Waals surface area (Å²) in [5, 5.41) is 11.2. The maximum atomic E-state index is 11.2. The van der Waals surface area contributed by atoms with Crippen molar-refractivity contribution in [3.63, 3.8) is 0 Å². The topological polar surface area (TPSA) is 57.2 Å². The first-order valence-corrected chi connectivity index (χ1v) is 12.4. The number of benzene rings is 3. The predicted molar refractivity (Wildman–Crippen MR) is 144 cm³/mol. The van der Waals surface area contributed by atoms with Crippen molar-refractivity contribution in [2.24, 2.45) is 0 Å². The van der Waals surface area contributed by atoms with E-state index in [9.17, 15) is 5.11 Å². The molecular formula is C31H38O5. The van der Waals surface area contributed by atoms with E-state index in [1.54, 1.807) is 20.3 Å². The molecule has 3 rings (SSSR count). The zero-order valence-electron chi connectivity index (χ0n) is 21.8. The van der Waals surface area contributed by atoms with Gasteiger partial charge in [0.15, 0.2) is 11.5 Å². The number of ether oxygens (including phenoxy) is 4. The highest BCUT2D eigenvalue weighted by atomic mass is 16.5. The number of hydrogen-bond acceptors (Lipinski definition) is 5. The summed E-state index contributed by atoms with van der Waals surface area (Å²) in [6.45, 7) is 5.88. The molecule has 1 atom stereocenters. The van der Waals surface area contributed by atoms with E-state index in [2.05, 4.69) is 32.1 Å². The van der Waals surface area contributed by atoms with Crippen LogP contribution in [0.2, 0.25) is 0 Å². The molecule has 3 aromatic rings. The molecule has 5 nitrogen and oxygen atoms in total. The van der Waals surface area contributed by atoms with E-state index in [1.807, 2.05) is 48.5 Å². The summed E-state index contributed by atoms with van der Waals surface area (Å²) in [7, 11) is 3.18. The van der Waals surface area contributed by atoms with Crippen molar-refractivity contribution in [2.75, 3.05) is 20.8 Å². The van der Waals surface area contributed by atoms with Crippen LogP contribution in [0.15, 0.2) is 78.4 Å². The highest BCUT2D eigenvalue weighted by Gasteiger charge is 2.26. The molecule has 0 radical (unpaired) electrons. The summed E-state index contributed by atoms with van der Waals surface area (Å²) in [4.78, 5) is 0. The third kappa shape index (κ3) is 7.87. The van der Waals surface area contributed by atoms with Crippen LogP contribution in [-0.2, 0) is 29.3 Å². The Bertz CT molecular complexity index is 1090. The van der Waals surface area contributed by atoms with Crippen LogP contribution in [0, 0.1) is 0 Å². The van der Waals surface area contributed by atoms with Crippen LogP contribution in [0.4, 0.5) is 0 Å². The molecule has 0 fully saturated rings. The number of rotatable bonds is 14. The van der Waals surface area contributed by atoms with Gasteiger partial charge in [0.25, 0.3) is 0 Å². The molecule has 0 aliphatic rings. The van der Waals surface area contributed by atoms with Crippen LogP contribution in [0.5, 0.6) is 17.2 Å². The van der Waals surface area contributed by atoms with Gasteiger partial charge in [0.1, 0.15) is 5.75 Å². The molecule has 0 heterocycles. The highest BCUT2D eigenvalue weighted by Crippen LogP contribution is 2.44. The fourth-order valence-electron chi connectivity index (χ4n) is 4.29. The summed E-state index contributed by atoms with van der Waals surface area (Å²) >= 11 is 0. The average molecular weight is 491 g/mol. The van der Waals surface area contributed by atoms with Gasteiger partial charge in [-0.1, -0.05) is 72.3 Å². The number of aromatic hydroxyl groups is 1. The van der Waals surface area contributed by atoms with Crippen molar-refractivity contribution < 1.29 is 24.1 Å². The van der Waals surface area contributed by atoms with Gasteiger partial charge in [0, 0.05) is 23.1 Å². The second kappa shape index (κ2) is 14.3. The van der Waals surface area contributed by atoms with E-state index in [0.29, 0.717) is 31.3 Å². The second-order valence-electron chi connectivity index (χ2n) is 9.06. The van der Waals surface area contributed by atoms with Gasteiger partial charge in [-0.2, -0.15) is 0 Å². The van der Waals surface area contributed by atoms with Crippen LogP contribution in [-0.4, -0.2) is 25.9 Å². The van der Waals surface area contributed by atoms with Crippen LogP contribution in [0.25, 0.3) is 0 Å². The molecule has 1 unspecified atom stereocenters. The van der Waals surface area contributed by atoms with Gasteiger partial charge in [-0.25, -0.2) is 0 Å². The van der Waals surface area contributed by atoms with Crippen molar-refractivity contribution >= 4 is 0 Å². The van der Waals surface area contributed by atoms with Gasteiger partial charge in [-0.05, 0) is 37.8 Å². The summed E-state index contributed by atoms with van der Waals surface area (Å²) in [6.07, 6.45) is 3.90. The Labute approximate surface area is 215 Å². The van der Waals surface area contributed by atoms with Gasteiger partial charge < -0.3 is 24.1 Å². The highest BCUT2D eigenvalue weighted by molar-refractivity contribution is 5.58. The minimum absolute atomic E-state index is 0.0561. The molecule has 0 saturated heterocycles. The van der Waals surface area contributed by atoms with Gasteiger partial charge in [0.2, 0.25) is 0 Å². The second-order valence-corrected chi connectivity index (χ2v) is 9.06. The molecule has 0 aliphatic heterocycles. The van der Waals surface area contributed by atoms with Gasteiger partial charge in [0.05, 0.1) is 40.6 Å². The summed E-state index contributed by atoms with van der Waals surface area (Å²) in [6, 6.07) is 21.8. The van der Waals surface area contributed by atoms with Crippen molar-refractivity contribution in [1.82, 2.24) is 0 Å². The Morgan fingerprint density at radius 3 is 2.00 bits per heavy atom. The van der Waals surface area contributed by atoms with Crippen molar-refractivity contribution in [3.8, 4) is 17.2 Å². The Hall–Kier alpha value is -3.28. The Kier molecular flexibility index (Phi) is 10.9. The van der Waals surface area contributed by atoms with Gasteiger partial charge in [-0.3, -0.25) is 0 Å². The first kappa shape index (κ1) is 27.3. The van der Waals surface area contributed by atoms with Crippen LogP contribution in [0.3, 0.4) is 0 Å². The minimum atomic E-state index is -0.0561. The number of phenolic OH excluding ortho intramolecular Hbond substituents is 1. The van der Waals surface area contributed by atoms with E-state index in [4.69, 9.17) is 18.9 Å². The molecule has 0 spiro atoms. The third-order valence-electron chi connectivity index (χ3n) is 6.06. The first-order chi connectivity index (χ1) is 17.5. The van der Waals surface area contributed by atoms with E-state index >= 15 is 0 Å². The van der Waals surface area contributed by atoms with Crippen molar-refractivity contribution in [1.29, 1.82) is 0 Å². The van der Waals surface area contributed by atoms with E-state index < -0.39 is 0 Å². The lowest BCUT2D eigenvalue weighted by Crippen LogP contribution is -2.13. The largest absolute Gasteiger partial charge is 0.508 e. The normalized spacial score (nSPS) is 11.7. The molecule has 0 amide bonds. The molecule has 192 valence electrons. The van der Waals surface area contributed by atoms with E-state index in [-0.39, 0.29) is 18.3 Å². The van der Waals surface area contributed by atoms with Crippen LogP contribution < -0.4 is 9.47 Å². The van der Waals surface area contributed by atoms with E-state index in [1.165, 1.54) is 5.57 Å². The molecule has 5 heteroatoms. The maximum absolute atomic E-state index is 11.2. The van der Waals surface area contributed by atoms with Crippen molar-refractivity contribution in [2.45, 2.75) is 52.4 Å². The van der Waals surface area contributed by atoms with E-state index in [0.717, 1.165) is 35.1 Å². The van der Waals surface area contributed by atoms with Crippen LogP contribution in [0.1, 0.15) is 54.9 Å². The predicted octanol–water partition coefficient (Wildman–Crippen LogP) is 7.17. The van der Waals surface area contributed by atoms with Crippen LogP contribution >= 0.6 is 0 Å². The molecule has 0 aliphatic carbocycles. The summed E-state index contributed by atoms with van der Waals surface area (Å²) in [5.41, 5.74) is 5.04. The van der Waals surface area contributed by atoms with Crippen molar-refractivity contribution in [3.05, 3.63) is 101 Å². The lowest BCUT2D eigenvalue weighted by molar-refractivity contribution is 0.0953. The zero-order chi connectivity index (χ0) is 25.8. The standard InChI is InChI=1S/C31H38O5/c1-23(2)12-11-17-26(21-35-19-24-13-7-5-8-14-24)30-27(22-36-20-25-15-9-6-10-16-25)31(34-4)29(33-3)18-28(30)32/h5-10,12-16,18,26,32H,11,17,19-22H2,1-4H3. The Morgan fingerprint density at radius 2 is 1.44 bits per heavy atom. The SMILES string of the molecule is COc1cc(O)c(C(CCC=C(C)C)COCc2ccccc2)c(COCc2ccccc2)c1OC. The number of hydrogen-bond donors (Lipinski definition) is 1. The average Bonchev–Trinajstić information content (AvgIpc) is 2.89. The molecular weight excluding hydrogens is 452 g/mol. The molecule has 0 bridgehead atoms. The molecule has 0 aromatic heterocycles. The van der Waals surface area contributed by atoms with Gasteiger partial charge in [-0.15, -0.1) is 0 Å². The lowest BCUT2D eigenvalue weighted by Gasteiger charge is -2.25. The fourth-order valence-corrected chi connectivity index (χ4v) is 4.29. The lowest BCUT2D eigenvalue weighted by atomic mass is 9.89. The zero-order valence-corrected chi connectivity index (χ0v) is 21.8. The van der Waals surface area contributed by atoms with Gasteiger partial charge >= 0.3 is 0 Å². The molecule has 3 aromatic carbocycles. The third-order valence-corrected chi connectivity index (χ3v) is 6.06. The minimum Gasteiger partial charge on any atom is -0.508 e. The molecule has 1 N–H and O–H groups in total. The first-order valence-electron chi connectivity index (χ1n) is 12.4. The summed E-state index contributed by atoms with van der Waals surface area (Å²) in [5.74, 6) is 1.16. The number of methoxy groups -OCH3 is 2. The smallest absolute Gasteiger partial charge is 0.166 e. The number of phenols is 1. The maximum Gasteiger partial charge on any atom is 0.166 e. The fraction of sp³-hybridized carbons (Fsp3) is 0.355. The number of allylic oxidation sites excluding steroid dienone is 2.